The fraction of sp³-hybridized carbons (Fsp3) is 0.333. The van der Waals surface area contributed by atoms with E-state index in [1.807, 2.05) is 31.2 Å². The van der Waals surface area contributed by atoms with Gasteiger partial charge in [0.2, 0.25) is 5.91 Å². The number of hydrogen-bond donors (Lipinski definition) is 3. The second-order valence-electron chi connectivity index (χ2n) is 6.95. The molecule has 0 heterocycles. The molecule has 1 atom stereocenters. The lowest BCUT2D eigenvalue weighted by atomic mass is 9.62. The van der Waals surface area contributed by atoms with Crippen LogP contribution in [0.1, 0.15) is 36.0 Å². The van der Waals surface area contributed by atoms with Crippen molar-refractivity contribution in [2.75, 3.05) is 0 Å². The Morgan fingerprint density at radius 2 is 1.77 bits per heavy atom. The maximum absolute atomic E-state index is 13.1. The number of carbonyl (C=O) groups is 2. The van der Waals surface area contributed by atoms with Crippen molar-refractivity contribution in [1.82, 2.24) is 5.32 Å². The van der Waals surface area contributed by atoms with Gasteiger partial charge in [-0.1, -0.05) is 48.9 Å². The zero-order chi connectivity index (χ0) is 18.7. The maximum atomic E-state index is 13.1. The van der Waals surface area contributed by atoms with Gasteiger partial charge in [0.25, 0.3) is 0 Å². The van der Waals surface area contributed by atoms with Crippen molar-refractivity contribution in [3.63, 3.8) is 0 Å². The van der Waals surface area contributed by atoms with Crippen LogP contribution in [0.25, 0.3) is 0 Å². The van der Waals surface area contributed by atoms with Gasteiger partial charge in [0.05, 0.1) is 5.41 Å². The number of nitrogens with one attached hydrogen (secondary N) is 1. The highest BCUT2D eigenvalue weighted by atomic mass is 16.4. The van der Waals surface area contributed by atoms with E-state index in [-0.39, 0.29) is 18.1 Å². The zero-order valence-electron chi connectivity index (χ0n) is 14.7. The quantitative estimate of drug-likeness (QED) is 0.745. The minimum atomic E-state index is -1.11. The van der Waals surface area contributed by atoms with Crippen molar-refractivity contribution in [2.24, 2.45) is 0 Å². The SMILES string of the molecule is Cc1ccccc1C1(C(=O)NC(Cc2ccccc2O)C(=O)O)CCC1. The number of aryl methyl sites for hydroxylation is 1. The Morgan fingerprint density at radius 3 is 2.35 bits per heavy atom. The molecule has 26 heavy (non-hydrogen) atoms. The van der Waals surface area contributed by atoms with Crippen molar-refractivity contribution in [2.45, 2.75) is 44.1 Å². The van der Waals surface area contributed by atoms with E-state index in [1.165, 1.54) is 6.07 Å². The van der Waals surface area contributed by atoms with Gasteiger partial charge in [-0.05, 0) is 42.5 Å². The average Bonchev–Trinajstić information content (AvgIpc) is 2.56. The van der Waals surface area contributed by atoms with Gasteiger partial charge in [0, 0.05) is 6.42 Å². The average molecular weight is 353 g/mol. The Kier molecular flexibility index (Phi) is 4.98. The molecule has 1 aliphatic rings. The smallest absolute Gasteiger partial charge is 0.326 e. The number of benzene rings is 2. The first-order valence-electron chi connectivity index (χ1n) is 8.81. The third-order valence-electron chi connectivity index (χ3n) is 5.32. The summed E-state index contributed by atoms with van der Waals surface area (Å²) in [4.78, 5) is 24.7. The third kappa shape index (κ3) is 3.29. The molecule has 5 heteroatoms. The summed E-state index contributed by atoms with van der Waals surface area (Å²) in [6, 6.07) is 13.3. The predicted molar refractivity (Wildman–Crippen MR) is 98.1 cm³/mol. The number of carbonyl (C=O) groups excluding carboxylic acids is 1. The second-order valence-corrected chi connectivity index (χ2v) is 6.95. The molecule has 1 saturated carbocycles. The molecule has 2 aromatic carbocycles. The summed E-state index contributed by atoms with van der Waals surface area (Å²) in [5.74, 6) is -1.33. The van der Waals surface area contributed by atoms with Gasteiger partial charge < -0.3 is 15.5 Å². The number of hydrogen-bond acceptors (Lipinski definition) is 3. The molecule has 5 nitrogen and oxygen atoms in total. The molecule has 136 valence electrons. The van der Waals surface area contributed by atoms with Gasteiger partial charge in [-0.2, -0.15) is 0 Å². The highest BCUT2D eigenvalue weighted by Crippen LogP contribution is 2.45. The zero-order valence-corrected chi connectivity index (χ0v) is 14.7. The van der Waals surface area contributed by atoms with Gasteiger partial charge in [-0.3, -0.25) is 4.79 Å². The number of aromatic hydroxyl groups is 1. The summed E-state index contributed by atoms with van der Waals surface area (Å²) >= 11 is 0. The molecule has 1 aliphatic carbocycles. The molecule has 1 unspecified atom stereocenters. The van der Waals surface area contributed by atoms with Crippen LogP contribution in [0.15, 0.2) is 48.5 Å². The van der Waals surface area contributed by atoms with Crippen molar-refractivity contribution < 1.29 is 19.8 Å². The van der Waals surface area contributed by atoms with Crippen LogP contribution in [-0.2, 0) is 21.4 Å². The molecule has 3 N–H and O–H groups in total. The van der Waals surface area contributed by atoms with Crippen LogP contribution in [0.3, 0.4) is 0 Å². The van der Waals surface area contributed by atoms with Gasteiger partial charge in [-0.25, -0.2) is 4.79 Å². The first-order valence-corrected chi connectivity index (χ1v) is 8.81. The summed E-state index contributed by atoms with van der Waals surface area (Å²) in [5, 5.41) is 22.2. The molecule has 0 bridgehead atoms. The van der Waals surface area contributed by atoms with E-state index in [4.69, 9.17) is 0 Å². The Balaban J connectivity index is 1.83. The van der Waals surface area contributed by atoms with Crippen LogP contribution in [0.5, 0.6) is 5.75 Å². The van der Waals surface area contributed by atoms with E-state index in [1.54, 1.807) is 18.2 Å². The van der Waals surface area contributed by atoms with Gasteiger partial charge in [0.1, 0.15) is 11.8 Å². The predicted octanol–water partition coefficient (Wildman–Crippen LogP) is 2.93. The molecule has 0 aliphatic heterocycles. The summed E-state index contributed by atoms with van der Waals surface area (Å²) in [5.41, 5.74) is 1.85. The van der Waals surface area contributed by atoms with E-state index in [9.17, 15) is 19.8 Å². The first kappa shape index (κ1) is 18.0. The molecule has 1 amide bonds. The lowest BCUT2D eigenvalue weighted by molar-refractivity contribution is -0.143. The van der Waals surface area contributed by atoms with Gasteiger partial charge in [0.15, 0.2) is 0 Å². The van der Waals surface area contributed by atoms with Gasteiger partial charge >= 0.3 is 5.97 Å². The van der Waals surface area contributed by atoms with E-state index >= 15 is 0 Å². The van der Waals surface area contributed by atoms with Crippen molar-refractivity contribution in [3.05, 3.63) is 65.2 Å². The lowest BCUT2D eigenvalue weighted by Gasteiger charge is -2.42. The standard InChI is InChI=1S/C21H23NO4/c1-14-7-2-4-9-16(14)21(11-6-12-21)20(26)22-17(19(24)25)13-15-8-3-5-10-18(15)23/h2-5,7-10,17,23H,6,11-13H2,1H3,(H,22,26)(H,24,25). The number of aliphatic carboxylic acids is 1. The number of rotatable bonds is 6. The van der Waals surface area contributed by atoms with Crippen LogP contribution >= 0.6 is 0 Å². The summed E-state index contributed by atoms with van der Waals surface area (Å²) < 4.78 is 0. The number of phenolic OH excluding ortho intramolecular Hbond substituents is 1. The monoisotopic (exact) mass is 353 g/mol. The van der Waals surface area contributed by atoms with Crippen LogP contribution in [-0.4, -0.2) is 28.1 Å². The fourth-order valence-electron chi connectivity index (χ4n) is 3.66. The lowest BCUT2D eigenvalue weighted by Crippen LogP contribution is -2.54. The molecule has 1 fully saturated rings. The molecule has 0 radical (unpaired) electrons. The van der Waals surface area contributed by atoms with Crippen LogP contribution in [0, 0.1) is 6.92 Å². The highest BCUT2D eigenvalue weighted by Gasteiger charge is 2.47. The summed E-state index contributed by atoms with van der Waals surface area (Å²) in [6.07, 6.45) is 2.41. The van der Waals surface area contributed by atoms with Gasteiger partial charge in [-0.15, -0.1) is 0 Å². The molecule has 0 aromatic heterocycles. The van der Waals surface area contributed by atoms with E-state index < -0.39 is 17.4 Å². The number of carboxylic acid groups (broad SMARTS) is 1. The molecular formula is C21H23NO4. The van der Waals surface area contributed by atoms with Crippen LogP contribution < -0.4 is 5.32 Å². The van der Waals surface area contributed by atoms with E-state index in [0.717, 1.165) is 17.5 Å². The first-order chi connectivity index (χ1) is 12.4. The largest absolute Gasteiger partial charge is 0.508 e. The summed E-state index contributed by atoms with van der Waals surface area (Å²) in [7, 11) is 0. The molecule has 0 spiro atoms. The normalized spacial score (nSPS) is 16.3. The highest BCUT2D eigenvalue weighted by molar-refractivity contribution is 5.92. The van der Waals surface area contributed by atoms with Crippen molar-refractivity contribution in [1.29, 1.82) is 0 Å². The number of phenols is 1. The number of para-hydroxylation sites is 1. The van der Waals surface area contributed by atoms with E-state index in [0.29, 0.717) is 18.4 Å². The third-order valence-corrected chi connectivity index (χ3v) is 5.32. The number of amides is 1. The summed E-state index contributed by atoms with van der Waals surface area (Å²) in [6.45, 7) is 1.97. The molecule has 3 rings (SSSR count). The number of carboxylic acids is 1. The topological polar surface area (TPSA) is 86.6 Å². The fourth-order valence-corrected chi connectivity index (χ4v) is 3.66. The van der Waals surface area contributed by atoms with Crippen molar-refractivity contribution in [3.8, 4) is 5.75 Å². The second kappa shape index (κ2) is 7.20. The molecule has 2 aromatic rings. The minimum Gasteiger partial charge on any atom is -0.508 e. The Morgan fingerprint density at radius 1 is 1.12 bits per heavy atom. The van der Waals surface area contributed by atoms with Crippen LogP contribution in [0.2, 0.25) is 0 Å². The maximum Gasteiger partial charge on any atom is 0.326 e. The Labute approximate surface area is 152 Å². The van der Waals surface area contributed by atoms with E-state index in [2.05, 4.69) is 5.32 Å². The van der Waals surface area contributed by atoms with Crippen molar-refractivity contribution >= 4 is 11.9 Å². The minimum absolute atomic E-state index is 0.0326. The molecule has 0 saturated heterocycles. The molecular weight excluding hydrogens is 330 g/mol. The Bertz CT molecular complexity index is 826. The van der Waals surface area contributed by atoms with Crippen LogP contribution in [0.4, 0.5) is 0 Å². The Hall–Kier alpha value is -2.82.